The molecule has 0 spiro atoms. The van der Waals surface area contributed by atoms with Gasteiger partial charge in [0.05, 0.1) is 18.3 Å². The lowest BCUT2D eigenvalue weighted by molar-refractivity contribution is 0.00990. The molecule has 3 rings (SSSR count). The minimum absolute atomic E-state index is 0.346. The Balaban J connectivity index is 1.52. The Hall–Kier alpha value is -1.96. The molecule has 0 bridgehead atoms. The summed E-state index contributed by atoms with van der Waals surface area (Å²) in [6.45, 7) is 7.05. The van der Waals surface area contributed by atoms with Gasteiger partial charge in [-0.1, -0.05) is 30.3 Å². The van der Waals surface area contributed by atoms with Crippen LogP contribution >= 0.6 is 11.3 Å². The summed E-state index contributed by atoms with van der Waals surface area (Å²) in [4.78, 5) is 11.9. The SMILES string of the molecule is CCNC(=NCc1nc(-c2ccccc2)cs1)N1CCC(OCCCOC)CC1. The van der Waals surface area contributed by atoms with E-state index in [2.05, 4.69) is 34.7 Å². The standard InChI is InChI=1S/C22H32N4O2S/c1-3-23-22(26-12-10-19(11-13-26)28-15-7-14-27-2)24-16-21-25-20(17-29-21)18-8-5-4-6-9-18/h4-6,8-9,17,19H,3,7,10-16H2,1-2H3,(H,23,24). The van der Waals surface area contributed by atoms with Crippen molar-refractivity contribution in [3.8, 4) is 11.3 Å². The van der Waals surface area contributed by atoms with Crippen LogP contribution in [0.25, 0.3) is 11.3 Å². The van der Waals surface area contributed by atoms with Gasteiger partial charge in [0.2, 0.25) is 0 Å². The van der Waals surface area contributed by atoms with Crippen LogP contribution in [0.2, 0.25) is 0 Å². The summed E-state index contributed by atoms with van der Waals surface area (Å²) in [5.41, 5.74) is 2.18. The van der Waals surface area contributed by atoms with Gasteiger partial charge in [0, 0.05) is 50.9 Å². The van der Waals surface area contributed by atoms with Crippen LogP contribution in [0.5, 0.6) is 0 Å². The average molecular weight is 417 g/mol. The second kappa shape index (κ2) is 11.9. The topological polar surface area (TPSA) is 59.0 Å². The van der Waals surface area contributed by atoms with Crippen LogP contribution < -0.4 is 5.32 Å². The third-order valence-electron chi connectivity index (χ3n) is 4.91. The molecule has 6 nitrogen and oxygen atoms in total. The highest BCUT2D eigenvalue weighted by Gasteiger charge is 2.22. The number of rotatable bonds is 9. The Kier molecular flexibility index (Phi) is 8.92. The molecule has 0 atom stereocenters. The van der Waals surface area contributed by atoms with Crippen LogP contribution in [-0.2, 0) is 16.0 Å². The van der Waals surface area contributed by atoms with E-state index in [9.17, 15) is 0 Å². The number of aromatic nitrogens is 1. The molecule has 2 heterocycles. The first-order valence-corrected chi connectivity index (χ1v) is 11.3. The molecule has 2 aromatic rings. The van der Waals surface area contributed by atoms with E-state index in [0.29, 0.717) is 12.6 Å². The molecule has 29 heavy (non-hydrogen) atoms. The molecule has 1 saturated heterocycles. The lowest BCUT2D eigenvalue weighted by Crippen LogP contribution is -2.47. The third-order valence-corrected chi connectivity index (χ3v) is 5.74. The lowest BCUT2D eigenvalue weighted by Gasteiger charge is -2.34. The minimum Gasteiger partial charge on any atom is -0.385 e. The van der Waals surface area contributed by atoms with Crippen molar-refractivity contribution in [3.05, 3.63) is 40.7 Å². The Morgan fingerprint density at radius 3 is 2.76 bits per heavy atom. The molecule has 1 aliphatic heterocycles. The number of likely N-dealkylation sites (tertiary alicyclic amines) is 1. The summed E-state index contributed by atoms with van der Waals surface area (Å²) < 4.78 is 11.1. The zero-order chi connectivity index (χ0) is 20.3. The van der Waals surface area contributed by atoms with Gasteiger partial charge in [-0.15, -0.1) is 11.3 Å². The second-order valence-electron chi connectivity index (χ2n) is 7.07. The van der Waals surface area contributed by atoms with E-state index in [1.807, 2.05) is 18.2 Å². The van der Waals surface area contributed by atoms with Gasteiger partial charge in [0.25, 0.3) is 0 Å². The van der Waals surface area contributed by atoms with E-state index < -0.39 is 0 Å². The van der Waals surface area contributed by atoms with Gasteiger partial charge in [-0.05, 0) is 26.2 Å². The summed E-state index contributed by atoms with van der Waals surface area (Å²) in [7, 11) is 1.73. The zero-order valence-corrected chi connectivity index (χ0v) is 18.3. The molecule has 1 aromatic heterocycles. The Morgan fingerprint density at radius 1 is 1.24 bits per heavy atom. The van der Waals surface area contributed by atoms with Gasteiger partial charge in [0.15, 0.2) is 5.96 Å². The molecular formula is C22H32N4O2S. The molecule has 0 unspecified atom stereocenters. The van der Waals surface area contributed by atoms with Crippen molar-refractivity contribution in [3.63, 3.8) is 0 Å². The van der Waals surface area contributed by atoms with Crippen LogP contribution in [0.3, 0.4) is 0 Å². The van der Waals surface area contributed by atoms with Crippen molar-refractivity contribution in [2.75, 3.05) is 40.0 Å². The number of piperidine rings is 1. The summed E-state index contributed by atoms with van der Waals surface area (Å²) in [6, 6.07) is 10.3. The second-order valence-corrected chi connectivity index (χ2v) is 8.01. The molecule has 0 radical (unpaired) electrons. The van der Waals surface area contributed by atoms with Gasteiger partial charge >= 0.3 is 0 Å². The first kappa shape index (κ1) is 21.7. The monoisotopic (exact) mass is 416 g/mol. The van der Waals surface area contributed by atoms with E-state index in [1.54, 1.807) is 18.4 Å². The number of ether oxygens (including phenoxy) is 2. The normalized spacial score (nSPS) is 15.7. The first-order valence-electron chi connectivity index (χ1n) is 10.4. The maximum absolute atomic E-state index is 5.97. The molecule has 0 saturated carbocycles. The predicted octanol–water partition coefficient (Wildman–Crippen LogP) is 3.79. The van der Waals surface area contributed by atoms with Crippen molar-refractivity contribution < 1.29 is 9.47 Å². The molecule has 1 N–H and O–H groups in total. The lowest BCUT2D eigenvalue weighted by atomic mass is 10.1. The number of methoxy groups -OCH3 is 1. The van der Waals surface area contributed by atoms with Crippen molar-refractivity contribution >= 4 is 17.3 Å². The number of guanidine groups is 1. The fourth-order valence-corrected chi connectivity index (χ4v) is 4.11. The molecule has 158 valence electrons. The molecule has 1 aromatic carbocycles. The number of aliphatic imine (C=N–C) groups is 1. The molecule has 1 aliphatic rings. The fourth-order valence-electron chi connectivity index (χ4n) is 3.38. The van der Waals surface area contributed by atoms with Crippen LogP contribution in [0.1, 0.15) is 31.2 Å². The number of nitrogens with one attached hydrogen (secondary N) is 1. The highest BCUT2D eigenvalue weighted by molar-refractivity contribution is 7.09. The van der Waals surface area contributed by atoms with Crippen LogP contribution in [0.15, 0.2) is 40.7 Å². The van der Waals surface area contributed by atoms with E-state index >= 15 is 0 Å². The number of hydrogen-bond acceptors (Lipinski definition) is 5. The summed E-state index contributed by atoms with van der Waals surface area (Å²) in [5.74, 6) is 0.974. The van der Waals surface area contributed by atoms with Crippen molar-refractivity contribution in [2.45, 2.75) is 38.8 Å². The fraction of sp³-hybridized carbons (Fsp3) is 0.545. The summed E-state index contributed by atoms with van der Waals surface area (Å²) >= 11 is 1.67. The van der Waals surface area contributed by atoms with Gasteiger partial charge < -0.3 is 19.7 Å². The van der Waals surface area contributed by atoms with Gasteiger partial charge in [-0.2, -0.15) is 0 Å². The zero-order valence-electron chi connectivity index (χ0n) is 17.5. The summed E-state index contributed by atoms with van der Waals surface area (Å²) in [5, 5.41) is 6.58. The molecular weight excluding hydrogens is 384 g/mol. The Morgan fingerprint density at radius 2 is 2.03 bits per heavy atom. The first-order chi connectivity index (χ1) is 14.3. The van der Waals surface area contributed by atoms with Gasteiger partial charge in [0.1, 0.15) is 5.01 Å². The number of nitrogens with zero attached hydrogens (tertiary/aromatic N) is 3. The highest BCUT2D eigenvalue weighted by Crippen LogP contribution is 2.22. The van der Waals surface area contributed by atoms with Crippen LogP contribution in [0.4, 0.5) is 0 Å². The predicted molar refractivity (Wildman–Crippen MR) is 119 cm³/mol. The van der Waals surface area contributed by atoms with E-state index in [-0.39, 0.29) is 0 Å². The number of benzene rings is 1. The number of thiazole rings is 1. The maximum Gasteiger partial charge on any atom is 0.194 e. The Bertz CT molecular complexity index is 742. The van der Waals surface area contributed by atoms with Crippen LogP contribution in [-0.4, -0.2) is 61.9 Å². The molecule has 1 fully saturated rings. The molecule has 0 aliphatic carbocycles. The van der Waals surface area contributed by atoms with Crippen molar-refractivity contribution in [2.24, 2.45) is 4.99 Å². The van der Waals surface area contributed by atoms with E-state index in [1.165, 1.54) is 0 Å². The Labute approximate surface area is 178 Å². The smallest absolute Gasteiger partial charge is 0.194 e. The summed E-state index contributed by atoms with van der Waals surface area (Å²) in [6.07, 6.45) is 3.37. The number of hydrogen-bond donors (Lipinski definition) is 1. The maximum atomic E-state index is 5.97. The van der Waals surface area contributed by atoms with Crippen molar-refractivity contribution in [1.82, 2.24) is 15.2 Å². The van der Waals surface area contributed by atoms with Gasteiger partial charge in [-0.25, -0.2) is 9.98 Å². The van der Waals surface area contributed by atoms with E-state index in [4.69, 9.17) is 19.5 Å². The minimum atomic E-state index is 0.346. The quantitative estimate of drug-likeness (QED) is 0.383. The van der Waals surface area contributed by atoms with Crippen molar-refractivity contribution in [1.29, 1.82) is 0 Å². The highest BCUT2D eigenvalue weighted by atomic mass is 32.1. The van der Waals surface area contributed by atoms with Gasteiger partial charge in [-0.3, -0.25) is 0 Å². The average Bonchev–Trinajstić information content (AvgIpc) is 3.24. The molecule has 7 heteroatoms. The largest absolute Gasteiger partial charge is 0.385 e. The van der Waals surface area contributed by atoms with Crippen LogP contribution in [0, 0.1) is 0 Å². The third kappa shape index (κ3) is 6.80. The molecule has 0 amide bonds. The van der Waals surface area contributed by atoms with E-state index in [0.717, 1.165) is 74.3 Å².